The van der Waals surface area contributed by atoms with Crippen molar-refractivity contribution in [2.24, 2.45) is 7.05 Å². The van der Waals surface area contributed by atoms with Crippen molar-refractivity contribution in [3.05, 3.63) is 50.4 Å². The molecular weight excluding hydrogens is 377 g/mol. The Morgan fingerprint density at radius 1 is 1.33 bits per heavy atom. The summed E-state index contributed by atoms with van der Waals surface area (Å²) in [4.78, 5) is 14.6. The number of hydrogen-bond donors (Lipinski definition) is 0. The molecule has 0 N–H and O–H groups in total. The Balaban J connectivity index is 1.84. The van der Waals surface area contributed by atoms with Crippen LogP contribution < -0.4 is 0 Å². The summed E-state index contributed by atoms with van der Waals surface area (Å²) in [5.74, 6) is 0.133. The van der Waals surface area contributed by atoms with Crippen LogP contribution in [0.2, 0.25) is 0 Å². The normalized spacial score (nSPS) is 14.4. The van der Waals surface area contributed by atoms with Gasteiger partial charge in [-0.25, -0.2) is 0 Å². The molecular formula is C16H18IN3O. The highest BCUT2D eigenvalue weighted by Gasteiger charge is 2.25. The second kappa shape index (κ2) is 5.79. The molecule has 4 nitrogen and oxygen atoms in total. The van der Waals surface area contributed by atoms with Crippen LogP contribution in [0, 0.1) is 3.57 Å². The lowest BCUT2D eigenvalue weighted by molar-refractivity contribution is 0.0723. The van der Waals surface area contributed by atoms with Gasteiger partial charge in [0, 0.05) is 22.7 Å². The van der Waals surface area contributed by atoms with Crippen molar-refractivity contribution in [2.45, 2.75) is 26.3 Å². The molecule has 0 saturated heterocycles. The van der Waals surface area contributed by atoms with Gasteiger partial charge in [-0.05, 0) is 59.2 Å². The van der Waals surface area contributed by atoms with Gasteiger partial charge in [-0.2, -0.15) is 5.10 Å². The molecule has 0 spiro atoms. The molecule has 1 aliphatic heterocycles. The van der Waals surface area contributed by atoms with E-state index in [1.165, 1.54) is 0 Å². The van der Waals surface area contributed by atoms with Gasteiger partial charge >= 0.3 is 0 Å². The maximum Gasteiger partial charge on any atom is 0.254 e. The summed E-state index contributed by atoms with van der Waals surface area (Å²) in [6.07, 6.45) is 1.85. The molecule has 1 aromatic carbocycles. The third-order valence-electron chi connectivity index (χ3n) is 3.98. The molecule has 5 heteroatoms. The van der Waals surface area contributed by atoms with Crippen LogP contribution in [0.15, 0.2) is 24.3 Å². The molecule has 21 heavy (non-hydrogen) atoms. The van der Waals surface area contributed by atoms with E-state index in [0.29, 0.717) is 6.54 Å². The standard InChI is InChI=1S/C16H18IN3O/c1-3-13-9-14(19(2)18-13)10-20-7-6-11-4-5-12(17)8-15(11)16(20)21/h4-5,8-9H,3,6-7,10H2,1-2H3. The van der Waals surface area contributed by atoms with Gasteiger partial charge in [0.25, 0.3) is 5.91 Å². The van der Waals surface area contributed by atoms with Crippen LogP contribution in [0.3, 0.4) is 0 Å². The minimum absolute atomic E-state index is 0.133. The van der Waals surface area contributed by atoms with Gasteiger partial charge in [0.2, 0.25) is 0 Å². The number of aromatic nitrogens is 2. The zero-order chi connectivity index (χ0) is 15.0. The van der Waals surface area contributed by atoms with Gasteiger partial charge in [0.05, 0.1) is 17.9 Å². The maximum atomic E-state index is 12.7. The summed E-state index contributed by atoms with van der Waals surface area (Å²) >= 11 is 2.26. The van der Waals surface area contributed by atoms with Crippen molar-refractivity contribution in [1.29, 1.82) is 0 Å². The van der Waals surface area contributed by atoms with Gasteiger partial charge in [-0.3, -0.25) is 9.48 Å². The molecule has 1 aromatic heterocycles. The second-order valence-electron chi connectivity index (χ2n) is 5.38. The predicted molar refractivity (Wildman–Crippen MR) is 90.2 cm³/mol. The van der Waals surface area contributed by atoms with E-state index in [1.54, 1.807) is 0 Å². The molecule has 2 aromatic rings. The van der Waals surface area contributed by atoms with Crippen LogP contribution in [-0.2, 0) is 26.4 Å². The lowest BCUT2D eigenvalue weighted by atomic mass is 9.99. The molecule has 0 fully saturated rings. The van der Waals surface area contributed by atoms with E-state index in [2.05, 4.69) is 52.8 Å². The molecule has 3 rings (SSSR count). The highest BCUT2D eigenvalue weighted by atomic mass is 127. The lowest BCUT2D eigenvalue weighted by Gasteiger charge is -2.28. The number of rotatable bonds is 3. The first-order valence-electron chi connectivity index (χ1n) is 7.18. The van der Waals surface area contributed by atoms with Gasteiger partial charge < -0.3 is 4.90 Å². The Bertz CT molecular complexity index is 693. The second-order valence-corrected chi connectivity index (χ2v) is 6.63. The van der Waals surface area contributed by atoms with Gasteiger partial charge in [0.15, 0.2) is 0 Å². The molecule has 0 radical (unpaired) electrons. The third kappa shape index (κ3) is 2.84. The number of carbonyl (C=O) groups is 1. The van der Waals surface area contributed by atoms with E-state index in [4.69, 9.17) is 0 Å². The molecule has 0 unspecified atom stereocenters. The largest absolute Gasteiger partial charge is 0.332 e. The van der Waals surface area contributed by atoms with Crippen LogP contribution >= 0.6 is 22.6 Å². The van der Waals surface area contributed by atoms with Gasteiger partial charge in [-0.1, -0.05) is 13.0 Å². The van der Waals surface area contributed by atoms with Crippen LogP contribution in [-0.4, -0.2) is 27.1 Å². The highest BCUT2D eigenvalue weighted by Crippen LogP contribution is 2.22. The monoisotopic (exact) mass is 395 g/mol. The summed E-state index contributed by atoms with van der Waals surface area (Å²) in [5, 5.41) is 4.46. The zero-order valence-corrected chi connectivity index (χ0v) is 14.4. The third-order valence-corrected chi connectivity index (χ3v) is 4.65. The van der Waals surface area contributed by atoms with E-state index in [-0.39, 0.29) is 5.91 Å². The van der Waals surface area contributed by atoms with Gasteiger partial charge in [-0.15, -0.1) is 0 Å². The number of aryl methyl sites for hydroxylation is 2. The Labute approximate surface area is 138 Å². The number of hydrogen-bond acceptors (Lipinski definition) is 2. The van der Waals surface area contributed by atoms with E-state index < -0.39 is 0 Å². The number of carbonyl (C=O) groups excluding carboxylic acids is 1. The van der Waals surface area contributed by atoms with E-state index in [9.17, 15) is 4.79 Å². The number of fused-ring (bicyclic) bond motifs is 1. The van der Waals surface area contributed by atoms with E-state index in [1.807, 2.05) is 22.7 Å². The van der Waals surface area contributed by atoms with Gasteiger partial charge in [0.1, 0.15) is 0 Å². The molecule has 110 valence electrons. The molecule has 2 heterocycles. The smallest absolute Gasteiger partial charge is 0.254 e. The maximum absolute atomic E-state index is 12.7. The minimum atomic E-state index is 0.133. The number of nitrogens with zero attached hydrogens (tertiary/aromatic N) is 3. The lowest BCUT2D eigenvalue weighted by Crippen LogP contribution is -2.37. The molecule has 0 saturated carbocycles. The molecule has 0 aliphatic carbocycles. The first-order chi connectivity index (χ1) is 10.1. The quantitative estimate of drug-likeness (QED) is 0.750. The summed E-state index contributed by atoms with van der Waals surface area (Å²) in [6.45, 7) is 3.50. The molecule has 0 atom stereocenters. The Morgan fingerprint density at radius 3 is 2.86 bits per heavy atom. The average molecular weight is 395 g/mol. The van der Waals surface area contributed by atoms with Crippen molar-refractivity contribution in [1.82, 2.24) is 14.7 Å². The summed E-state index contributed by atoms with van der Waals surface area (Å²) < 4.78 is 2.99. The first-order valence-corrected chi connectivity index (χ1v) is 8.26. The predicted octanol–water partition coefficient (Wildman–Crippen LogP) is 2.79. The molecule has 0 bridgehead atoms. The number of halogens is 1. The SMILES string of the molecule is CCc1cc(CN2CCc3ccc(I)cc3C2=O)n(C)n1. The van der Waals surface area contributed by atoms with Crippen LogP contribution in [0.5, 0.6) is 0 Å². The zero-order valence-electron chi connectivity index (χ0n) is 12.3. The van der Waals surface area contributed by atoms with E-state index >= 15 is 0 Å². The molecule has 1 amide bonds. The summed E-state index contributed by atoms with van der Waals surface area (Å²) in [7, 11) is 1.94. The van der Waals surface area contributed by atoms with Crippen LogP contribution in [0.25, 0.3) is 0 Å². The fourth-order valence-corrected chi connectivity index (χ4v) is 3.22. The van der Waals surface area contributed by atoms with Crippen molar-refractivity contribution in [3.8, 4) is 0 Å². The topological polar surface area (TPSA) is 38.1 Å². The highest BCUT2D eigenvalue weighted by molar-refractivity contribution is 14.1. The van der Waals surface area contributed by atoms with Crippen molar-refractivity contribution < 1.29 is 4.79 Å². The fourth-order valence-electron chi connectivity index (χ4n) is 2.73. The first kappa shape index (κ1) is 14.6. The van der Waals surface area contributed by atoms with Crippen molar-refractivity contribution in [3.63, 3.8) is 0 Å². The van der Waals surface area contributed by atoms with Crippen LogP contribution in [0.4, 0.5) is 0 Å². The summed E-state index contributed by atoms with van der Waals surface area (Å²) in [5.41, 5.74) is 4.18. The molecule has 1 aliphatic rings. The Hall–Kier alpha value is -1.37. The Kier molecular flexibility index (Phi) is 4.01. The summed E-state index contributed by atoms with van der Waals surface area (Å²) in [6, 6.07) is 8.23. The van der Waals surface area contributed by atoms with Crippen LogP contribution in [0.1, 0.15) is 34.2 Å². The van der Waals surface area contributed by atoms with E-state index in [0.717, 1.165) is 45.5 Å². The Morgan fingerprint density at radius 2 is 2.14 bits per heavy atom. The van der Waals surface area contributed by atoms with Crippen molar-refractivity contribution in [2.75, 3.05) is 6.54 Å². The van der Waals surface area contributed by atoms with Crippen molar-refractivity contribution >= 4 is 28.5 Å². The average Bonchev–Trinajstić information content (AvgIpc) is 2.83. The minimum Gasteiger partial charge on any atom is -0.332 e. The fraction of sp³-hybridized carbons (Fsp3) is 0.375. The number of amides is 1. The number of benzene rings is 1.